The summed E-state index contributed by atoms with van der Waals surface area (Å²) in [6.45, 7) is 3.92. The summed E-state index contributed by atoms with van der Waals surface area (Å²) in [5.74, 6) is 1.57. The summed E-state index contributed by atoms with van der Waals surface area (Å²) in [5, 5.41) is 0. The monoisotopic (exact) mass is 282 g/mol. The van der Waals surface area contributed by atoms with E-state index in [9.17, 15) is 0 Å². The Morgan fingerprint density at radius 2 is 1.67 bits per heavy atom. The highest BCUT2D eigenvalue weighted by Gasteiger charge is 2.05. The zero-order valence-corrected chi connectivity index (χ0v) is 12.0. The average Bonchev–Trinajstić information content (AvgIpc) is 2.93. The minimum absolute atomic E-state index is 0.574. The van der Waals surface area contributed by atoms with Crippen LogP contribution in [-0.4, -0.2) is 22.8 Å². The third-order valence-corrected chi connectivity index (χ3v) is 3.27. The first-order valence-electron chi connectivity index (χ1n) is 7.13. The largest absolute Gasteiger partial charge is 0.490 e. The van der Waals surface area contributed by atoms with E-state index in [2.05, 4.69) is 15.6 Å². The molecule has 3 rings (SSSR count). The fourth-order valence-electron chi connectivity index (χ4n) is 2.29. The molecule has 4 nitrogen and oxygen atoms in total. The maximum Gasteiger partial charge on any atom is 0.161 e. The van der Waals surface area contributed by atoms with Gasteiger partial charge in [0.1, 0.15) is 6.61 Å². The van der Waals surface area contributed by atoms with Crippen LogP contribution < -0.4 is 9.47 Å². The minimum atomic E-state index is 0.574. The fourth-order valence-corrected chi connectivity index (χ4v) is 2.29. The highest BCUT2D eigenvalue weighted by Crippen LogP contribution is 2.26. The van der Waals surface area contributed by atoms with Crippen LogP contribution in [0.5, 0.6) is 11.5 Å². The molecule has 0 saturated heterocycles. The molecule has 0 saturated carbocycles. The zero-order valence-electron chi connectivity index (χ0n) is 12.0. The lowest BCUT2D eigenvalue weighted by molar-refractivity contribution is 0.267. The van der Waals surface area contributed by atoms with Crippen molar-refractivity contribution < 1.29 is 9.47 Å². The normalized spacial score (nSPS) is 10.7. The molecule has 3 aromatic rings. The summed E-state index contributed by atoms with van der Waals surface area (Å²) in [6.07, 6.45) is 1.85. The van der Waals surface area contributed by atoms with E-state index < -0.39 is 0 Å². The van der Waals surface area contributed by atoms with E-state index in [0.29, 0.717) is 13.2 Å². The minimum Gasteiger partial charge on any atom is -0.490 e. The number of aromatic nitrogens is 2. The summed E-state index contributed by atoms with van der Waals surface area (Å²) in [4.78, 5) is 4.37. The van der Waals surface area contributed by atoms with Gasteiger partial charge in [-0.1, -0.05) is 24.3 Å². The van der Waals surface area contributed by atoms with E-state index in [1.165, 1.54) is 0 Å². The Morgan fingerprint density at radius 3 is 2.48 bits per heavy atom. The molecule has 21 heavy (non-hydrogen) atoms. The van der Waals surface area contributed by atoms with Crippen LogP contribution in [0.1, 0.15) is 6.92 Å². The fraction of sp³-hybridized carbons (Fsp3) is 0.235. The second-order valence-corrected chi connectivity index (χ2v) is 4.65. The zero-order chi connectivity index (χ0) is 14.5. The van der Waals surface area contributed by atoms with E-state index in [1.54, 1.807) is 0 Å². The van der Waals surface area contributed by atoms with Crippen molar-refractivity contribution in [3.8, 4) is 11.5 Å². The molecule has 1 heterocycles. The second-order valence-electron chi connectivity index (χ2n) is 4.65. The molecule has 1 aromatic heterocycles. The van der Waals surface area contributed by atoms with Crippen molar-refractivity contribution in [1.29, 1.82) is 0 Å². The summed E-state index contributed by atoms with van der Waals surface area (Å²) in [6, 6.07) is 15.8. The van der Waals surface area contributed by atoms with Gasteiger partial charge in [-0.15, -0.1) is 0 Å². The molecule has 0 bridgehead atoms. The Balaban J connectivity index is 1.66. The second kappa shape index (κ2) is 6.31. The van der Waals surface area contributed by atoms with E-state index in [1.807, 2.05) is 55.7 Å². The van der Waals surface area contributed by atoms with Gasteiger partial charge in [-0.3, -0.25) is 0 Å². The van der Waals surface area contributed by atoms with Crippen molar-refractivity contribution in [2.45, 2.75) is 13.5 Å². The van der Waals surface area contributed by atoms with E-state index >= 15 is 0 Å². The standard InChI is InChI=1S/C17H18N2O2/c1-2-20-16-9-5-6-10-17(16)21-12-11-19-13-18-14-7-3-4-8-15(14)19/h3-10,13H,2,11-12H2,1H3. The molecular formula is C17H18N2O2. The molecule has 0 aliphatic heterocycles. The number of fused-ring (bicyclic) bond motifs is 1. The number of imidazole rings is 1. The number of benzene rings is 2. The molecule has 0 fully saturated rings. The van der Waals surface area contributed by atoms with Gasteiger partial charge >= 0.3 is 0 Å². The lowest BCUT2D eigenvalue weighted by Crippen LogP contribution is -2.08. The molecule has 0 aliphatic rings. The van der Waals surface area contributed by atoms with Crippen molar-refractivity contribution in [3.63, 3.8) is 0 Å². The predicted molar refractivity (Wildman–Crippen MR) is 82.8 cm³/mol. The van der Waals surface area contributed by atoms with Crippen molar-refractivity contribution in [3.05, 3.63) is 54.9 Å². The molecule has 2 aromatic carbocycles. The van der Waals surface area contributed by atoms with Gasteiger partial charge in [0.15, 0.2) is 11.5 Å². The van der Waals surface area contributed by atoms with Gasteiger partial charge in [-0.25, -0.2) is 4.98 Å². The third kappa shape index (κ3) is 2.99. The van der Waals surface area contributed by atoms with Crippen LogP contribution in [0.25, 0.3) is 11.0 Å². The van der Waals surface area contributed by atoms with Crippen molar-refractivity contribution in [1.82, 2.24) is 9.55 Å². The van der Waals surface area contributed by atoms with E-state index in [4.69, 9.17) is 9.47 Å². The number of para-hydroxylation sites is 4. The summed E-state index contributed by atoms with van der Waals surface area (Å²) in [5.41, 5.74) is 2.13. The van der Waals surface area contributed by atoms with Crippen LogP contribution in [0.3, 0.4) is 0 Å². The van der Waals surface area contributed by atoms with Gasteiger partial charge in [-0.2, -0.15) is 0 Å². The van der Waals surface area contributed by atoms with Gasteiger partial charge in [-0.05, 0) is 31.2 Å². The maximum atomic E-state index is 5.84. The third-order valence-electron chi connectivity index (χ3n) is 3.27. The van der Waals surface area contributed by atoms with E-state index in [-0.39, 0.29) is 0 Å². The average molecular weight is 282 g/mol. The molecule has 0 atom stereocenters. The number of rotatable bonds is 6. The molecular weight excluding hydrogens is 264 g/mol. The number of nitrogens with zero attached hydrogens (tertiary/aromatic N) is 2. The summed E-state index contributed by atoms with van der Waals surface area (Å²) in [7, 11) is 0. The molecule has 0 radical (unpaired) electrons. The topological polar surface area (TPSA) is 36.3 Å². The van der Waals surface area contributed by atoms with Crippen molar-refractivity contribution >= 4 is 11.0 Å². The molecule has 0 unspecified atom stereocenters. The molecule has 0 spiro atoms. The first kappa shape index (κ1) is 13.5. The lowest BCUT2D eigenvalue weighted by atomic mass is 10.3. The number of hydrogen-bond donors (Lipinski definition) is 0. The summed E-state index contributed by atoms with van der Waals surface area (Å²) >= 11 is 0. The quantitative estimate of drug-likeness (QED) is 0.694. The Labute approximate surface area is 123 Å². The molecule has 108 valence electrons. The number of hydrogen-bond acceptors (Lipinski definition) is 3. The van der Waals surface area contributed by atoms with Crippen LogP contribution in [0.15, 0.2) is 54.9 Å². The van der Waals surface area contributed by atoms with Crippen LogP contribution in [-0.2, 0) is 6.54 Å². The molecule has 4 heteroatoms. The Morgan fingerprint density at radius 1 is 0.952 bits per heavy atom. The Kier molecular flexibility index (Phi) is 4.05. The first-order chi connectivity index (χ1) is 10.4. The molecule has 0 amide bonds. The van der Waals surface area contributed by atoms with Crippen molar-refractivity contribution in [2.24, 2.45) is 0 Å². The molecule has 0 N–H and O–H groups in total. The highest BCUT2D eigenvalue weighted by atomic mass is 16.5. The first-order valence-corrected chi connectivity index (χ1v) is 7.13. The Hall–Kier alpha value is -2.49. The van der Waals surface area contributed by atoms with Gasteiger partial charge in [0.2, 0.25) is 0 Å². The number of ether oxygens (including phenoxy) is 2. The Bertz CT molecular complexity index is 721. The highest BCUT2D eigenvalue weighted by molar-refractivity contribution is 5.74. The van der Waals surface area contributed by atoms with E-state index in [0.717, 1.165) is 29.1 Å². The van der Waals surface area contributed by atoms with Gasteiger partial charge in [0.05, 0.1) is 30.5 Å². The smallest absolute Gasteiger partial charge is 0.161 e. The molecule has 0 aliphatic carbocycles. The van der Waals surface area contributed by atoms with Crippen LogP contribution in [0.4, 0.5) is 0 Å². The van der Waals surface area contributed by atoms with Gasteiger partial charge in [0.25, 0.3) is 0 Å². The van der Waals surface area contributed by atoms with Crippen molar-refractivity contribution in [2.75, 3.05) is 13.2 Å². The van der Waals surface area contributed by atoms with Gasteiger partial charge in [0, 0.05) is 0 Å². The van der Waals surface area contributed by atoms with Crippen LogP contribution in [0, 0.1) is 0 Å². The SMILES string of the molecule is CCOc1ccccc1OCCn1cnc2ccccc21. The lowest BCUT2D eigenvalue weighted by Gasteiger charge is -2.12. The van der Waals surface area contributed by atoms with Crippen LogP contribution >= 0.6 is 0 Å². The summed E-state index contributed by atoms with van der Waals surface area (Å²) < 4.78 is 13.5. The maximum absolute atomic E-state index is 5.84. The van der Waals surface area contributed by atoms with Crippen LogP contribution in [0.2, 0.25) is 0 Å². The predicted octanol–water partition coefficient (Wildman–Crippen LogP) is 3.51. The van der Waals surface area contributed by atoms with Gasteiger partial charge < -0.3 is 14.0 Å².